The van der Waals surface area contributed by atoms with E-state index in [1.54, 1.807) is 31.4 Å². The van der Waals surface area contributed by atoms with E-state index in [0.29, 0.717) is 16.9 Å². The Morgan fingerprint density at radius 2 is 1.47 bits per heavy atom. The second kappa shape index (κ2) is 9.39. The smallest absolute Gasteiger partial charge is 0.278 e. The zero-order valence-corrected chi connectivity index (χ0v) is 18.0. The number of amides is 2. The van der Waals surface area contributed by atoms with E-state index in [1.807, 2.05) is 61.5 Å². The van der Waals surface area contributed by atoms with Crippen LogP contribution in [0.15, 0.2) is 84.6 Å². The SMILES string of the molecule is COc1ccc(OCCN2C(=O)C(Nc3ccccc3C)=C(c3ccccc3)C2=O)cc1. The van der Waals surface area contributed by atoms with Gasteiger partial charge in [0.1, 0.15) is 23.8 Å². The van der Waals surface area contributed by atoms with Gasteiger partial charge in [0.05, 0.1) is 19.2 Å². The summed E-state index contributed by atoms with van der Waals surface area (Å²) in [5.41, 5.74) is 3.10. The number of ether oxygens (including phenoxy) is 2. The van der Waals surface area contributed by atoms with Crippen molar-refractivity contribution in [1.82, 2.24) is 4.90 Å². The standard InChI is InChI=1S/C26H24N2O4/c1-18-8-6-7-11-22(18)27-24-23(19-9-4-3-5-10-19)25(29)28(26(24)30)16-17-32-21-14-12-20(31-2)13-15-21/h3-15,27H,16-17H2,1-2H3. The van der Waals surface area contributed by atoms with Gasteiger partial charge in [0.15, 0.2) is 0 Å². The van der Waals surface area contributed by atoms with E-state index in [0.717, 1.165) is 17.0 Å². The third kappa shape index (κ3) is 4.34. The minimum Gasteiger partial charge on any atom is -0.497 e. The van der Waals surface area contributed by atoms with Gasteiger partial charge >= 0.3 is 0 Å². The van der Waals surface area contributed by atoms with Crippen LogP contribution in [0.25, 0.3) is 5.57 Å². The Morgan fingerprint density at radius 1 is 0.812 bits per heavy atom. The molecule has 6 nitrogen and oxygen atoms in total. The second-order valence-electron chi connectivity index (χ2n) is 7.34. The summed E-state index contributed by atoms with van der Waals surface area (Å²) in [7, 11) is 1.60. The van der Waals surface area contributed by atoms with E-state index in [2.05, 4.69) is 5.32 Å². The first-order valence-corrected chi connectivity index (χ1v) is 10.3. The number of nitrogens with one attached hydrogen (secondary N) is 1. The Morgan fingerprint density at radius 3 is 2.16 bits per heavy atom. The van der Waals surface area contributed by atoms with Crippen molar-refractivity contribution in [2.45, 2.75) is 6.92 Å². The van der Waals surface area contributed by atoms with Crippen LogP contribution in [0.5, 0.6) is 11.5 Å². The van der Waals surface area contributed by atoms with Gasteiger partial charge in [-0.2, -0.15) is 0 Å². The van der Waals surface area contributed by atoms with Crippen molar-refractivity contribution in [2.75, 3.05) is 25.6 Å². The molecule has 3 aromatic carbocycles. The molecule has 0 fully saturated rings. The van der Waals surface area contributed by atoms with Gasteiger partial charge in [-0.1, -0.05) is 48.5 Å². The van der Waals surface area contributed by atoms with Gasteiger partial charge in [-0.3, -0.25) is 14.5 Å². The van der Waals surface area contributed by atoms with E-state index in [9.17, 15) is 9.59 Å². The molecule has 0 aliphatic carbocycles. The van der Waals surface area contributed by atoms with E-state index in [1.165, 1.54) is 4.90 Å². The minimum atomic E-state index is -0.365. The van der Waals surface area contributed by atoms with Gasteiger partial charge in [0.25, 0.3) is 11.8 Å². The Labute approximate surface area is 187 Å². The Bertz CT molecular complexity index is 1150. The van der Waals surface area contributed by atoms with Gasteiger partial charge in [0, 0.05) is 5.69 Å². The molecule has 6 heteroatoms. The number of hydrogen-bond donors (Lipinski definition) is 1. The maximum absolute atomic E-state index is 13.3. The summed E-state index contributed by atoms with van der Waals surface area (Å²) >= 11 is 0. The number of aryl methyl sites for hydroxylation is 1. The van der Waals surface area contributed by atoms with E-state index < -0.39 is 0 Å². The first-order valence-electron chi connectivity index (χ1n) is 10.3. The number of benzene rings is 3. The lowest BCUT2D eigenvalue weighted by atomic mass is 10.0. The molecular formula is C26H24N2O4. The maximum atomic E-state index is 13.3. The van der Waals surface area contributed by atoms with Gasteiger partial charge in [-0.25, -0.2) is 0 Å². The van der Waals surface area contributed by atoms with Crippen LogP contribution in [0.2, 0.25) is 0 Å². The van der Waals surface area contributed by atoms with Crippen LogP contribution >= 0.6 is 0 Å². The molecule has 0 radical (unpaired) electrons. The van der Waals surface area contributed by atoms with E-state index >= 15 is 0 Å². The fourth-order valence-corrected chi connectivity index (χ4v) is 3.54. The number of carbonyl (C=O) groups excluding carboxylic acids is 2. The van der Waals surface area contributed by atoms with Crippen LogP contribution in [0.1, 0.15) is 11.1 Å². The molecule has 0 spiro atoms. The Hall–Kier alpha value is -4.06. The quantitative estimate of drug-likeness (QED) is 0.543. The predicted octanol–water partition coefficient (Wildman–Crippen LogP) is 4.27. The van der Waals surface area contributed by atoms with Crippen LogP contribution in [0.3, 0.4) is 0 Å². The van der Waals surface area contributed by atoms with Crippen molar-refractivity contribution in [1.29, 1.82) is 0 Å². The average Bonchev–Trinajstić information content (AvgIpc) is 3.05. The monoisotopic (exact) mass is 428 g/mol. The molecule has 1 aliphatic heterocycles. The fourth-order valence-electron chi connectivity index (χ4n) is 3.54. The predicted molar refractivity (Wildman–Crippen MR) is 123 cm³/mol. The summed E-state index contributed by atoms with van der Waals surface area (Å²) in [6.45, 7) is 2.27. The lowest BCUT2D eigenvalue weighted by molar-refractivity contribution is -0.137. The molecule has 0 aromatic heterocycles. The second-order valence-corrected chi connectivity index (χ2v) is 7.34. The third-order valence-corrected chi connectivity index (χ3v) is 5.28. The van der Waals surface area contributed by atoms with Crippen LogP contribution < -0.4 is 14.8 Å². The molecule has 2 amide bonds. The number of hydrogen-bond acceptors (Lipinski definition) is 5. The van der Waals surface area contributed by atoms with Crippen molar-refractivity contribution < 1.29 is 19.1 Å². The number of anilines is 1. The summed E-state index contributed by atoms with van der Waals surface area (Å²) < 4.78 is 10.9. The summed E-state index contributed by atoms with van der Waals surface area (Å²) in [6, 6.07) is 24.0. The molecule has 1 heterocycles. The highest BCUT2D eigenvalue weighted by atomic mass is 16.5. The normalized spacial score (nSPS) is 13.5. The highest BCUT2D eigenvalue weighted by molar-refractivity contribution is 6.36. The first kappa shape index (κ1) is 21.2. The van der Waals surface area contributed by atoms with Crippen molar-refractivity contribution in [3.8, 4) is 11.5 Å². The highest BCUT2D eigenvalue weighted by Crippen LogP contribution is 2.31. The number of nitrogens with zero attached hydrogens (tertiary/aromatic N) is 1. The van der Waals surface area contributed by atoms with Gasteiger partial charge in [-0.05, 0) is 48.4 Å². The van der Waals surface area contributed by atoms with Crippen LogP contribution in [0.4, 0.5) is 5.69 Å². The third-order valence-electron chi connectivity index (χ3n) is 5.28. The zero-order chi connectivity index (χ0) is 22.5. The minimum absolute atomic E-state index is 0.138. The largest absolute Gasteiger partial charge is 0.497 e. The summed E-state index contributed by atoms with van der Waals surface area (Å²) in [4.78, 5) is 27.7. The summed E-state index contributed by atoms with van der Waals surface area (Å²) in [6.07, 6.45) is 0. The Kier molecular flexibility index (Phi) is 6.22. The number of rotatable bonds is 8. The van der Waals surface area contributed by atoms with Gasteiger partial charge in [0.2, 0.25) is 0 Å². The van der Waals surface area contributed by atoms with Crippen molar-refractivity contribution >= 4 is 23.1 Å². The van der Waals surface area contributed by atoms with Crippen molar-refractivity contribution in [3.63, 3.8) is 0 Å². The number of methoxy groups -OCH3 is 1. The highest BCUT2D eigenvalue weighted by Gasteiger charge is 2.39. The molecular weight excluding hydrogens is 404 g/mol. The zero-order valence-electron chi connectivity index (χ0n) is 18.0. The number of imide groups is 1. The summed E-state index contributed by atoms with van der Waals surface area (Å²) in [5.74, 6) is 0.663. The lowest BCUT2D eigenvalue weighted by Gasteiger charge is -2.16. The van der Waals surface area contributed by atoms with Crippen molar-refractivity contribution in [3.05, 3.63) is 95.7 Å². The molecule has 1 N–H and O–H groups in total. The van der Waals surface area contributed by atoms with Crippen LogP contribution in [-0.4, -0.2) is 37.0 Å². The molecule has 0 bridgehead atoms. The average molecular weight is 428 g/mol. The van der Waals surface area contributed by atoms with Gasteiger partial charge < -0.3 is 14.8 Å². The first-order chi connectivity index (χ1) is 15.6. The molecule has 0 saturated carbocycles. The molecule has 4 rings (SSSR count). The molecule has 32 heavy (non-hydrogen) atoms. The fraction of sp³-hybridized carbons (Fsp3) is 0.154. The number of para-hydroxylation sites is 1. The molecule has 0 unspecified atom stereocenters. The Balaban J connectivity index is 1.55. The lowest BCUT2D eigenvalue weighted by Crippen LogP contribution is -2.36. The van der Waals surface area contributed by atoms with Crippen molar-refractivity contribution in [2.24, 2.45) is 0 Å². The van der Waals surface area contributed by atoms with E-state index in [4.69, 9.17) is 9.47 Å². The summed E-state index contributed by atoms with van der Waals surface area (Å²) in [5, 5.41) is 3.20. The topological polar surface area (TPSA) is 67.9 Å². The van der Waals surface area contributed by atoms with E-state index in [-0.39, 0.29) is 30.7 Å². The molecule has 3 aromatic rings. The van der Waals surface area contributed by atoms with Crippen LogP contribution in [-0.2, 0) is 9.59 Å². The molecule has 162 valence electrons. The molecule has 1 aliphatic rings. The maximum Gasteiger partial charge on any atom is 0.278 e. The molecule has 0 atom stereocenters. The number of carbonyl (C=O) groups is 2. The molecule has 0 saturated heterocycles. The van der Waals surface area contributed by atoms with Gasteiger partial charge in [-0.15, -0.1) is 0 Å². The van der Waals surface area contributed by atoms with Crippen LogP contribution in [0, 0.1) is 6.92 Å².